The van der Waals surface area contributed by atoms with E-state index in [2.05, 4.69) is 74.3 Å². The molecule has 3 saturated heterocycles. The summed E-state index contributed by atoms with van der Waals surface area (Å²) in [4.78, 5) is 124. The van der Waals surface area contributed by atoms with Gasteiger partial charge in [-0.15, -0.1) is 0 Å². The highest BCUT2D eigenvalue weighted by Gasteiger charge is 2.48. The maximum Gasteiger partial charge on any atom is 0.411 e. The lowest BCUT2D eigenvalue weighted by atomic mass is 9.91. The Morgan fingerprint density at radius 2 is 1.23 bits per heavy atom. The summed E-state index contributed by atoms with van der Waals surface area (Å²) in [6.45, 7) is 32.5. The van der Waals surface area contributed by atoms with Gasteiger partial charge in [0.2, 0.25) is 18.3 Å². The smallest absolute Gasteiger partial charge is 0.411 e. The molecule has 4 aromatic carbocycles. The molecule has 29 nitrogen and oxygen atoms in total. The minimum Gasteiger partial charge on any atom is -0.493 e. The molecule has 7 rings (SSSR count). The average Bonchev–Trinajstić information content (AvgIpc) is 1.32. The van der Waals surface area contributed by atoms with Gasteiger partial charge in [-0.05, 0) is 122 Å². The Balaban J connectivity index is 1.18. The van der Waals surface area contributed by atoms with Crippen molar-refractivity contribution in [3.8, 4) is 23.0 Å². The predicted molar refractivity (Wildman–Crippen MR) is 409 cm³/mol. The van der Waals surface area contributed by atoms with Crippen LogP contribution in [0.5, 0.6) is 23.0 Å². The molecule has 110 heavy (non-hydrogen) atoms. The molecule has 0 saturated carbocycles. The molecule has 0 radical (unpaired) electrons. The number of carbonyl (C=O) groups is 9. The number of ketones is 1. The number of methoxy groups -OCH3 is 3. The van der Waals surface area contributed by atoms with E-state index in [1.54, 1.807) is 67.0 Å². The minimum atomic E-state index is -2.22. The van der Waals surface area contributed by atoms with Crippen molar-refractivity contribution in [1.82, 2.24) is 9.80 Å². The van der Waals surface area contributed by atoms with Crippen molar-refractivity contribution in [3.63, 3.8) is 0 Å². The van der Waals surface area contributed by atoms with Crippen LogP contribution in [0.1, 0.15) is 141 Å². The summed E-state index contributed by atoms with van der Waals surface area (Å²) in [6.07, 6.45) is -2.42. The fraction of sp³-hybridized carbons (Fsp3) is 0.512. The van der Waals surface area contributed by atoms with E-state index in [0.717, 1.165) is 11.1 Å². The van der Waals surface area contributed by atoms with Crippen LogP contribution in [0.4, 0.5) is 26.7 Å². The van der Waals surface area contributed by atoms with E-state index in [0.29, 0.717) is 60.2 Å². The van der Waals surface area contributed by atoms with Crippen LogP contribution in [-0.4, -0.2) is 202 Å². The van der Waals surface area contributed by atoms with Crippen LogP contribution in [0.15, 0.2) is 97.6 Å². The zero-order chi connectivity index (χ0) is 80.6. The van der Waals surface area contributed by atoms with Gasteiger partial charge in [-0.25, -0.2) is 14.4 Å². The summed E-state index contributed by atoms with van der Waals surface area (Å²) in [5.74, 6) is -3.47. The van der Waals surface area contributed by atoms with Crippen molar-refractivity contribution in [2.75, 3.05) is 110 Å². The number of aryl methyl sites for hydroxylation is 1. The molecule has 4 aromatic rings. The van der Waals surface area contributed by atoms with E-state index in [9.17, 15) is 43.2 Å². The molecule has 3 aliphatic rings. The van der Waals surface area contributed by atoms with Crippen molar-refractivity contribution >= 4 is 79.0 Å². The molecule has 0 unspecified atom stereocenters. The number of likely N-dealkylation sites (tertiary alicyclic amines) is 2. The highest BCUT2D eigenvalue weighted by Crippen LogP contribution is 2.41. The van der Waals surface area contributed by atoms with Crippen molar-refractivity contribution in [3.05, 3.63) is 137 Å². The van der Waals surface area contributed by atoms with Gasteiger partial charge in [0, 0.05) is 76.9 Å². The lowest BCUT2D eigenvalue weighted by molar-refractivity contribution is -0.263. The largest absolute Gasteiger partial charge is 0.493 e. The van der Waals surface area contributed by atoms with Crippen LogP contribution in [-0.2, 0) is 90.8 Å². The zero-order valence-corrected chi connectivity index (χ0v) is 66.6. The predicted octanol–water partition coefficient (Wildman–Crippen LogP) is 12.0. The van der Waals surface area contributed by atoms with Gasteiger partial charge < -0.3 is 85.9 Å². The molecule has 0 aromatic heterocycles. The summed E-state index contributed by atoms with van der Waals surface area (Å²) in [6, 6.07) is 15.2. The molecule has 3 fully saturated rings. The molecule has 3 N–H and O–H groups in total. The zero-order valence-electron chi connectivity index (χ0n) is 65.6. The number of hydrogen-bond donors (Lipinski definition) is 3. The second-order valence-corrected chi connectivity index (χ2v) is 33.4. The van der Waals surface area contributed by atoms with Crippen molar-refractivity contribution in [1.29, 1.82) is 0 Å². The number of hydrogen-bond acceptors (Lipinski definition) is 24. The lowest BCUT2D eigenvalue weighted by Gasteiger charge is -2.43. The fourth-order valence-corrected chi connectivity index (χ4v) is 13.2. The van der Waals surface area contributed by atoms with Gasteiger partial charge >= 0.3 is 30.1 Å². The normalized spacial score (nSPS) is 18.4. The van der Waals surface area contributed by atoms with E-state index >= 15 is 0 Å². The molecule has 0 spiro atoms. The SMILES string of the molecule is C=CCOC(=O)Nc1cc(OCc2cc(COc3cc(NC(=O)OCc4ccc(O[C@@H]5O[C@H](C)[C@@H](C)[C@H](OC(C)=O)[C@H]5OC(C)=O)c(C(=O)CCCOC)c4)c(C(=O)N4CC(=C)C[C@H]4CC)cc3OC)cc(NC(=O)COCCOCCOCC(=O)OC)c2)c(C)cc1C(=O)N1CC(=C)C[C@H]1CO[Si](C)(C)C(C)(C)C. The molecular weight excluding hydrogens is 1440 g/mol. The third kappa shape index (κ3) is 25.2. The third-order valence-electron chi connectivity index (χ3n) is 19.1. The monoisotopic (exact) mass is 1550 g/mol. The highest BCUT2D eigenvalue weighted by molar-refractivity contribution is 6.74. The number of anilines is 3. The fourth-order valence-electron chi connectivity index (χ4n) is 12.2. The number of carbonyl (C=O) groups excluding carboxylic acids is 9. The molecular formula is C80H107N5O24Si. The number of ether oxygens (including phenoxy) is 14. The number of rotatable bonds is 39. The van der Waals surface area contributed by atoms with Crippen LogP contribution >= 0.6 is 0 Å². The van der Waals surface area contributed by atoms with Gasteiger partial charge in [-0.1, -0.05) is 77.6 Å². The van der Waals surface area contributed by atoms with Gasteiger partial charge in [0.15, 0.2) is 25.6 Å². The van der Waals surface area contributed by atoms with Crippen LogP contribution in [0.25, 0.3) is 0 Å². The van der Waals surface area contributed by atoms with Crippen LogP contribution in [0.2, 0.25) is 18.1 Å². The van der Waals surface area contributed by atoms with Gasteiger partial charge in [0.05, 0.1) is 87.5 Å². The molecule has 3 heterocycles. The molecule has 5 amide bonds. The van der Waals surface area contributed by atoms with Crippen molar-refractivity contribution in [2.24, 2.45) is 5.92 Å². The summed E-state index contributed by atoms with van der Waals surface area (Å²) in [5.41, 5.74) is 4.24. The number of nitrogens with zero attached hydrogens (tertiary/aromatic N) is 2. The van der Waals surface area contributed by atoms with Gasteiger partial charge in [-0.2, -0.15) is 0 Å². The van der Waals surface area contributed by atoms with Gasteiger partial charge in [0.1, 0.15) is 57.2 Å². The first-order valence-corrected chi connectivity index (χ1v) is 39.4. The first kappa shape index (κ1) is 87.5. The Kier molecular flexibility index (Phi) is 32.9. The van der Waals surface area contributed by atoms with E-state index in [1.807, 2.05) is 6.92 Å². The average molecular weight is 1550 g/mol. The topological polar surface area (TPSA) is 335 Å². The number of nitrogens with one attached hydrogen (secondary N) is 3. The maximum absolute atomic E-state index is 14.8. The number of Topliss-reactive ketones (excluding diaryl/α,β-unsaturated/α-hetero) is 1. The molecule has 30 heteroatoms. The second-order valence-electron chi connectivity index (χ2n) is 28.6. The van der Waals surface area contributed by atoms with Crippen LogP contribution in [0.3, 0.4) is 0 Å². The molecule has 0 aliphatic carbocycles. The van der Waals surface area contributed by atoms with Crippen molar-refractivity contribution < 1.29 is 114 Å². The highest BCUT2D eigenvalue weighted by atomic mass is 28.4. The van der Waals surface area contributed by atoms with E-state index in [4.69, 9.17) is 66.0 Å². The Hall–Kier alpha value is -9.69. The minimum absolute atomic E-state index is 0.0222. The molecule has 0 bridgehead atoms. The Morgan fingerprint density at radius 1 is 0.645 bits per heavy atom. The maximum atomic E-state index is 14.8. The Labute approximate surface area is 644 Å². The Morgan fingerprint density at radius 3 is 1.83 bits per heavy atom. The van der Waals surface area contributed by atoms with Crippen molar-refractivity contribution in [2.45, 2.75) is 169 Å². The third-order valence-corrected chi connectivity index (χ3v) is 23.6. The number of esters is 3. The first-order chi connectivity index (χ1) is 52.3. The first-order valence-electron chi connectivity index (χ1n) is 36.5. The number of benzene rings is 4. The van der Waals surface area contributed by atoms with Gasteiger partial charge in [0.25, 0.3) is 11.8 Å². The molecule has 600 valence electrons. The summed E-state index contributed by atoms with van der Waals surface area (Å²) >= 11 is 0. The summed E-state index contributed by atoms with van der Waals surface area (Å²) in [5, 5.41) is 8.30. The van der Waals surface area contributed by atoms with Crippen LogP contribution in [0, 0.1) is 12.8 Å². The lowest BCUT2D eigenvalue weighted by Crippen LogP contribution is -2.57. The molecule has 3 aliphatic heterocycles. The number of amides is 5. The Bertz CT molecular complexity index is 3970. The standard InChI is InChI=1S/C80H107N5O24Si/c1-18-24-101-78(93)82-64-38-68(50(5)32-61(64)75(91)85-41-49(4)31-60(85)45-105-110(16,17)80(10,11)12)102-43-56-33-57(35-58(34-56)81-71(89)46-99-28-26-98-27-29-100-47-72(90)97-15)44-103-70-39-65(62(37-69(70)96-14)76(92)84-40-48(3)30-59(84)19-2)83-79(94)104-42-55-22-23-67(63(36-55)66(88)21-20-25-95-13)109-77-74(108-54(9)87)73(107-53(8)86)51(6)52(7)106-77/h18,22-23,32-39,51-52,59-60,73-74,77H,1,3-4,19-21,24-31,40-47H2,2,5-17H3,(H,81,89)(H,82,93)(H,83,94)/t51-,52-,59-,60+,73+,74-,77+/m1/s1. The van der Waals surface area contributed by atoms with E-state index < -0.39 is 87.4 Å². The summed E-state index contributed by atoms with van der Waals surface area (Å²) in [7, 11) is 1.93. The van der Waals surface area contributed by atoms with Gasteiger partial charge in [-0.3, -0.25) is 39.4 Å². The van der Waals surface area contributed by atoms with E-state index in [1.165, 1.54) is 65.5 Å². The van der Waals surface area contributed by atoms with Crippen LogP contribution < -0.4 is 34.9 Å². The second kappa shape index (κ2) is 41.4. The van der Waals surface area contributed by atoms with E-state index in [-0.39, 0.29) is 165 Å². The summed E-state index contributed by atoms with van der Waals surface area (Å²) < 4.78 is 86.7. The quantitative estimate of drug-likeness (QED) is 0.00933. The molecule has 7 atom stereocenters.